The molecule has 37 heavy (non-hydrogen) atoms. The Morgan fingerprint density at radius 2 is 1.43 bits per heavy atom. The van der Waals surface area contributed by atoms with Gasteiger partial charge >= 0.3 is 0 Å². The molecule has 0 aliphatic heterocycles. The van der Waals surface area contributed by atoms with E-state index in [2.05, 4.69) is 5.32 Å². The Morgan fingerprint density at radius 1 is 0.838 bits per heavy atom. The van der Waals surface area contributed by atoms with Crippen molar-refractivity contribution in [3.8, 4) is 39.6 Å². The molecule has 5 aromatic rings. The van der Waals surface area contributed by atoms with Gasteiger partial charge in [0.1, 0.15) is 9.71 Å². The summed E-state index contributed by atoms with van der Waals surface area (Å²) in [5.74, 6) is 0.952. The highest BCUT2D eigenvalue weighted by Gasteiger charge is 2.23. The summed E-state index contributed by atoms with van der Waals surface area (Å²) in [6.07, 6.45) is 0. The summed E-state index contributed by atoms with van der Waals surface area (Å²) in [6.45, 7) is 0. The maximum atomic E-state index is 13.4. The molecule has 0 saturated carbocycles. The van der Waals surface area contributed by atoms with Crippen LogP contribution in [0.15, 0.2) is 78.9 Å². The summed E-state index contributed by atoms with van der Waals surface area (Å²) in [5, 5.41) is 3.67. The fraction of sp³-hybridized carbons (Fsp3) is 0.103. The van der Waals surface area contributed by atoms with Gasteiger partial charge in [-0.15, -0.1) is 11.3 Å². The third-order valence-electron chi connectivity index (χ3n) is 5.98. The minimum atomic E-state index is -0.352. The van der Waals surface area contributed by atoms with Crippen LogP contribution < -0.4 is 25.3 Å². The first-order chi connectivity index (χ1) is 18.0. The molecule has 3 aromatic carbocycles. The van der Waals surface area contributed by atoms with Gasteiger partial charge in [-0.25, -0.2) is 4.98 Å². The second kappa shape index (κ2) is 10.2. The van der Waals surface area contributed by atoms with Crippen LogP contribution in [0.4, 0.5) is 11.4 Å². The zero-order chi connectivity index (χ0) is 25.9. The predicted molar refractivity (Wildman–Crippen MR) is 149 cm³/mol. The number of amides is 1. The number of nitrogen functional groups attached to an aromatic ring is 1. The Balaban J connectivity index is 1.62. The van der Waals surface area contributed by atoms with E-state index in [9.17, 15) is 4.79 Å². The van der Waals surface area contributed by atoms with Gasteiger partial charge in [0.15, 0.2) is 11.5 Å². The zero-order valence-corrected chi connectivity index (χ0v) is 21.4. The number of ether oxygens (including phenoxy) is 3. The van der Waals surface area contributed by atoms with Crippen molar-refractivity contribution in [2.75, 3.05) is 32.4 Å². The number of methoxy groups -OCH3 is 3. The Labute approximate surface area is 218 Å². The standard InChI is InChI=1S/C29H25N3O4S/c1-34-22-14-19(15-23(35-2)26(22)36-3)31-28(33)27-25(30)24-20(17-10-6-4-7-11-17)16-21(32-29(24)37-27)18-12-8-5-9-13-18/h4-16H,30H2,1-3H3,(H,31,33). The topological polar surface area (TPSA) is 95.7 Å². The molecule has 7 nitrogen and oxygen atoms in total. The number of rotatable bonds is 7. The van der Waals surface area contributed by atoms with Crippen molar-refractivity contribution in [3.63, 3.8) is 0 Å². The molecule has 3 N–H and O–H groups in total. The first-order valence-electron chi connectivity index (χ1n) is 11.5. The molecule has 0 atom stereocenters. The van der Waals surface area contributed by atoms with Crippen molar-refractivity contribution in [3.05, 3.63) is 83.7 Å². The van der Waals surface area contributed by atoms with Gasteiger partial charge in [0.05, 0.1) is 32.7 Å². The molecule has 1 amide bonds. The second-order valence-electron chi connectivity index (χ2n) is 8.18. The Hall–Kier alpha value is -4.56. The van der Waals surface area contributed by atoms with Gasteiger partial charge in [0, 0.05) is 28.8 Å². The highest BCUT2D eigenvalue weighted by atomic mass is 32.1. The number of nitrogens with two attached hydrogens (primary N) is 1. The number of carbonyl (C=O) groups is 1. The van der Waals surface area contributed by atoms with E-state index >= 15 is 0 Å². The molecule has 186 valence electrons. The SMILES string of the molecule is COc1cc(NC(=O)c2sc3nc(-c4ccccc4)cc(-c4ccccc4)c3c2N)cc(OC)c1OC. The van der Waals surface area contributed by atoms with Crippen LogP contribution in [0.2, 0.25) is 0 Å². The molecule has 0 bridgehead atoms. The third kappa shape index (κ3) is 4.54. The first-order valence-corrected chi connectivity index (χ1v) is 12.3. The number of pyridine rings is 1. The molecule has 0 aliphatic rings. The number of fused-ring (bicyclic) bond motifs is 1. The third-order valence-corrected chi connectivity index (χ3v) is 7.08. The monoisotopic (exact) mass is 511 g/mol. The quantitative estimate of drug-likeness (QED) is 0.259. The molecule has 8 heteroatoms. The molecule has 0 radical (unpaired) electrons. The van der Waals surface area contributed by atoms with Crippen molar-refractivity contribution < 1.29 is 19.0 Å². The summed E-state index contributed by atoms with van der Waals surface area (Å²) < 4.78 is 16.2. The summed E-state index contributed by atoms with van der Waals surface area (Å²) in [4.78, 5) is 19.4. The fourth-order valence-corrected chi connectivity index (χ4v) is 5.25. The molecule has 0 unspecified atom stereocenters. The summed E-state index contributed by atoms with van der Waals surface area (Å²) in [7, 11) is 4.57. The van der Waals surface area contributed by atoms with Crippen molar-refractivity contribution in [1.29, 1.82) is 0 Å². The number of thiophene rings is 1. The normalized spacial score (nSPS) is 10.8. The molecule has 0 saturated heterocycles. The molecule has 5 rings (SSSR count). The van der Waals surface area contributed by atoms with Gasteiger partial charge in [0.2, 0.25) is 5.75 Å². The molecule has 2 aromatic heterocycles. The Kier molecular flexibility index (Phi) is 6.66. The lowest BCUT2D eigenvalue weighted by Crippen LogP contribution is -2.12. The minimum Gasteiger partial charge on any atom is -0.493 e. The van der Waals surface area contributed by atoms with Gasteiger partial charge in [-0.1, -0.05) is 60.7 Å². The lowest BCUT2D eigenvalue weighted by Gasteiger charge is -2.14. The van der Waals surface area contributed by atoms with Gasteiger partial charge in [0.25, 0.3) is 5.91 Å². The maximum absolute atomic E-state index is 13.4. The van der Waals surface area contributed by atoms with Crippen molar-refractivity contribution in [1.82, 2.24) is 4.98 Å². The number of nitrogens with one attached hydrogen (secondary N) is 1. The highest BCUT2D eigenvalue weighted by molar-refractivity contribution is 7.21. The molecule has 0 aliphatic carbocycles. The van der Waals surface area contributed by atoms with Gasteiger partial charge in [-0.3, -0.25) is 4.79 Å². The molecule has 0 spiro atoms. The molecule has 0 fully saturated rings. The highest BCUT2D eigenvalue weighted by Crippen LogP contribution is 2.43. The van der Waals surface area contributed by atoms with Crippen LogP contribution in [0.1, 0.15) is 9.67 Å². The predicted octanol–water partition coefficient (Wildman–Crippen LogP) is 6.49. The van der Waals surface area contributed by atoms with Crippen LogP contribution in [0.3, 0.4) is 0 Å². The largest absolute Gasteiger partial charge is 0.493 e. The van der Waals surface area contributed by atoms with E-state index < -0.39 is 0 Å². The van der Waals surface area contributed by atoms with Crippen molar-refractivity contribution in [2.45, 2.75) is 0 Å². The van der Waals surface area contributed by atoms with Crippen LogP contribution >= 0.6 is 11.3 Å². The number of hydrogen-bond acceptors (Lipinski definition) is 7. The number of carbonyl (C=O) groups excluding carboxylic acids is 1. The number of benzene rings is 3. The Bertz CT molecular complexity index is 1560. The lowest BCUT2D eigenvalue weighted by atomic mass is 9.99. The summed E-state index contributed by atoms with van der Waals surface area (Å²) in [6, 6.07) is 25.3. The van der Waals surface area contributed by atoms with E-state index in [4.69, 9.17) is 24.9 Å². The van der Waals surface area contributed by atoms with E-state index in [0.717, 1.165) is 27.8 Å². The smallest absolute Gasteiger partial charge is 0.267 e. The average molecular weight is 512 g/mol. The van der Waals surface area contributed by atoms with E-state index in [1.54, 1.807) is 12.1 Å². The van der Waals surface area contributed by atoms with E-state index in [0.29, 0.717) is 38.3 Å². The van der Waals surface area contributed by atoms with Crippen LogP contribution in [-0.2, 0) is 0 Å². The summed E-state index contributed by atoms with van der Waals surface area (Å²) >= 11 is 1.26. The van der Waals surface area contributed by atoms with Gasteiger partial charge in [-0.05, 0) is 17.2 Å². The van der Waals surface area contributed by atoms with Crippen LogP contribution in [0.5, 0.6) is 17.2 Å². The molecular formula is C29H25N3O4S. The zero-order valence-electron chi connectivity index (χ0n) is 20.6. The van der Waals surface area contributed by atoms with Crippen LogP contribution in [-0.4, -0.2) is 32.2 Å². The summed E-state index contributed by atoms with van der Waals surface area (Å²) in [5.41, 5.74) is 11.2. The number of nitrogens with zero attached hydrogens (tertiary/aromatic N) is 1. The van der Waals surface area contributed by atoms with Crippen molar-refractivity contribution in [2.24, 2.45) is 0 Å². The van der Waals surface area contributed by atoms with E-state index in [1.165, 1.54) is 32.7 Å². The van der Waals surface area contributed by atoms with E-state index in [-0.39, 0.29) is 5.91 Å². The van der Waals surface area contributed by atoms with E-state index in [1.807, 2.05) is 66.7 Å². The number of aromatic nitrogens is 1. The van der Waals surface area contributed by atoms with Gasteiger partial charge < -0.3 is 25.3 Å². The average Bonchev–Trinajstić information content (AvgIpc) is 3.29. The van der Waals surface area contributed by atoms with Crippen LogP contribution in [0, 0.1) is 0 Å². The molecule has 2 heterocycles. The fourth-order valence-electron chi connectivity index (χ4n) is 4.23. The first kappa shape index (κ1) is 24.1. The lowest BCUT2D eigenvalue weighted by molar-refractivity contribution is 0.103. The Morgan fingerprint density at radius 3 is 2.00 bits per heavy atom. The number of anilines is 2. The van der Waals surface area contributed by atoms with Gasteiger partial charge in [-0.2, -0.15) is 0 Å². The van der Waals surface area contributed by atoms with Crippen LogP contribution in [0.25, 0.3) is 32.6 Å². The minimum absolute atomic E-state index is 0.352. The van der Waals surface area contributed by atoms with Crippen molar-refractivity contribution >= 4 is 38.8 Å². The molecular weight excluding hydrogens is 486 g/mol. The second-order valence-corrected chi connectivity index (χ2v) is 9.18. The maximum Gasteiger partial charge on any atom is 0.267 e. The number of hydrogen-bond donors (Lipinski definition) is 2.